The van der Waals surface area contributed by atoms with E-state index in [4.69, 9.17) is 14.2 Å². The highest BCUT2D eigenvalue weighted by Gasteiger charge is 2.24. The van der Waals surface area contributed by atoms with Crippen LogP contribution in [0, 0.1) is 0 Å². The van der Waals surface area contributed by atoms with Gasteiger partial charge in [0.1, 0.15) is 0 Å². The van der Waals surface area contributed by atoms with E-state index < -0.39 is 5.60 Å². The van der Waals surface area contributed by atoms with Crippen molar-refractivity contribution in [3.05, 3.63) is 23.8 Å². The molecule has 0 bridgehead atoms. The van der Waals surface area contributed by atoms with Crippen molar-refractivity contribution in [3.8, 4) is 11.5 Å². The third kappa shape index (κ3) is 5.68. The lowest BCUT2D eigenvalue weighted by Gasteiger charge is -2.31. The molecule has 1 atom stereocenters. The normalized spacial score (nSPS) is 18.4. The van der Waals surface area contributed by atoms with Gasteiger partial charge in [0.25, 0.3) is 0 Å². The summed E-state index contributed by atoms with van der Waals surface area (Å²) in [5.41, 5.74) is 0.389. The highest BCUT2D eigenvalue weighted by molar-refractivity contribution is 5.42. The van der Waals surface area contributed by atoms with Crippen molar-refractivity contribution in [2.24, 2.45) is 0 Å². The summed E-state index contributed by atoms with van der Waals surface area (Å²) in [6.07, 6.45) is 2.48. The summed E-state index contributed by atoms with van der Waals surface area (Å²) >= 11 is 0. The Labute approximate surface area is 139 Å². The van der Waals surface area contributed by atoms with Crippen LogP contribution in [0.25, 0.3) is 0 Å². The largest absolute Gasteiger partial charge is 0.493 e. The monoisotopic (exact) mass is 323 g/mol. The molecule has 23 heavy (non-hydrogen) atoms. The molecule has 5 heteroatoms. The minimum atomic E-state index is -0.741. The zero-order valence-corrected chi connectivity index (χ0v) is 14.7. The van der Waals surface area contributed by atoms with Crippen LogP contribution in [-0.2, 0) is 11.3 Å². The van der Waals surface area contributed by atoms with Gasteiger partial charge in [-0.25, -0.2) is 0 Å². The first-order valence-electron chi connectivity index (χ1n) is 8.18. The predicted octanol–water partition coefficient (Wildman–Crippen LogP) is 2.46. The molecule has 1 unspecified atom stereocenters. The van der Waals surface area contributed by atoms with Crippen LogP contribution in [-0.4, -0.2) is 55.6 Å². The minimum Gasteiger partial charge on any atom is -0.493 e. The SMILES string of the molecule is COc1ccc(CN(CC2CCCO2)CC(C)(C)O)cc1OC. The molecule has 5 nitrogen and oxygen atoms in total. The van der Waals surface area contributed by atoms with Gasteiger partial charge < -0.3 is 19.3 Å². The predicted molar refractivity (Wildman–Crippen MR) is 90.1 cm³/mol. The summed E-state index contributed by atoms with van der Waals surface area (Å²) < 4.78 is 16.4. The van der Waals surface area contributed by atoms with E-state index in [1.807, 2.05) is 32.0 Å². The highest BCUT2D eigenvalue weighted by atomic mass is 16.5. The molecule has 0 radical (unpaired) electrons. The van der Waals surface area contributed by atoms with Crippen LogP contribution >= 0.6 is 0 Å². The molecule has 0 aliphatic carbocycles. The van der Waals surface area contributed by atoms with Crippen molar-refractivity contribution in [3.63, 3.8) is 0 Å². The van der Waals surface area contributed by atoms with Crippen molar-refractivity contribution in [1.29, 1.82) is 0 Å². The molecule has 1 fully saturated rings. The Morgan fingerprint density at radius 1 is 1.26 bits per heavy atom. The van der Waals surface area contributed by atoms with Gasteiger partial charge in [0.05, 0.1) is 25.9 Å². The Bertz CT molecular complexity index is 492. The summed E-state index contributed by atoms with van der Waals surface area (Å²) in [5.74, 6) is 1.45. The molecule has 130 valence electrons. The maximum Gasteiger partial charge on any atom is 0.161 e. The van der Waals surface area contributed by atoms with E-state index in [0.29, 0.717) is 6.54 Å². The Balaban J connectivity index is 2.09. The van der Waals surface area contributed by atoms with Crippen molar-refractivity contribution < 1.29 is 19.3 Å². The van der Waals surface area contributed by atoms with Gasteiger partial charge in [0, 0.05) is 26.2 Å². The molecule has 1 aromatic carbocycles. The van der Waals surface area contributed by atoms with Crippen LogP contribution in [0.1, 0.15) is 32.3 Å². The van der Waals surface area contributed by atoms with E-state index in [2.05, 4.69) is 4.90 Å². The second-order valence-corrected chi connectivity index (χ2v) is 6.81. The maximum absolute atomic E-state index is 10.2. The van der Waals surface area contributed by atoms with Gasteiger partial charge in [-0.05, 0) is 44.4 Å². The fourth-order valence-electron chi connectivity index (χ4n) is 3.05. The molecule has 0 saturated carbocycles. The number of hydrogen-bond donors (Lipinski definition) is 1. The van der Waals surface area contributed by atoms with E-state index >= 15 is 0 Å². The van der Waals surface area contributed by atoms with Gasteiger partial charge in [-0.3, -0.25) is 4.90 Å². The molecule has 1 aliphatic heterocycles. The Kier molecular flexibility index (Phi) is 6.27. The second kappa shape index (κ2) is 7.99. The molecule has 1 heterocycles. The zero-order chi connectivity index (χ0) is 16.9. The van der Waals surface area contributed by atoms with E-state index in [-0.39, 0.29) is 6.10 Å². The number of rotatable bonds is 8. The number of aliphatic hydroxyl groups is 1. The Morgan fingerprint density at radius 3 is 2.57 bits per heavy atom. The van der Waals surface area contributed by atoms with Crippen LogP contribution in [0.4, 0.5) is 0 Å². The van der Waals surface area contributed by atoms with Crippen LogP contribution in [0.5, 0.6) is 11.5 Å². The average Bonchev–Trinajstić information content (AvgIpc) is 2.98. The summed E-state index contributed by atoms with van der Waals surface area (Å²) in [7, 11) is 3.28. The lowest BCUT2D eigenvalue weighted by atomic mass is 10.1. The second-order valence-electron chi connectivity index (χ2n) is 6.81. The average molecular weight is 323 g/mol. The first-order valence-corrected chi connectivity index (χ1v) is 8.18. The summed E-state index contributed by atoms with van der Waals surface area (Å²) in [6, 6.07) is 5.95. The molecule has 1 saturated heterocycles. The quantitative estimate of drug-likeness (QED) is 0.796. The van der Waals surface area contributed by atoms with Crippen LogP contribution in [0.3, 0.4) is 0 Å². The third-order valence-corrected chi connectivity index (χ3v) is 3.95. The molecule has 0 aromatic heterocycles. The zero-order valence-electron chi connectivity index (χ0n) is 14.7. The van der Waals surface area contributed by atoms with Crippen molar-refractivity contribution in [1.82, 2.24) is 4.90 Å². The summed E-state index contributed by atoms with van der Waals surface area (Å²) in [4.78, 5) is 2.25. The first-order chi connectivity index (χ1) is 10.9. The van der Waals surface area contributed by atoms with Crippen LogP contribution in [0.2, 0.25) is 0 Å². The number of methoxy groups -OCH3 is 2. The van der Waals surface area contributed by atoms with E-state index in [0.717, 1.165) is 49.6 Å². The molecular weight excluding hydrogens is 294 g/mol. The van der Waals surface area contributed by atoms with Gasteiger partial charge >= 0.3 is 0 Å². The van der Waals surface area contributed by atoms with Gasteiger partial charge in [-0.2, -0.15) is 0 Å². The standard InChI is InChI=1S/C18H29NO4/c1-18(2,20)13-19(12-15-6-5-9-23-15)11-14-7-8-16(21-3)17(10-14)22-4/h7-8,10,15,20H,5-6,9,11-13H2,1-4H3. The smallest absolute Gasteiger partial charge is 0.161 e. The number of ether oxygens (including phenoxy) is 3. The highest BCUT2D eigenvalue weighted by Crippen LogP contribution is 2.28. The first kappa shape index (κ1) is 18.0. The van der Waals surface area contributed by atoms with Crippen LogP contribution < -0.4 is 9.47 Å². The lowest BCUT2D eigenvalue weighted by Crippen LogP contribution is -2.41. The van der Waals surface area contributed by atoms with Crippen molar-refractivity contribution >= 4 is 0 Å². The molecule has 1 N–H and O–H groups in total. The van der Waals surface area contributed by atoms with Gasteiger partial charge in [-0.15, -0.1) is 0 Å². The number of nitrogens with zero attached hydrogens (tertiary/aromatic N) is 1. The topological polar surface area (TPSA) is 51.2 Å². The molecule has 0 spiro atoms. The van der Waals surface area contributed by atoms with E-state index in [1.54, 1.807) is 14.2 Å². The fourth-order valence-corrected chi connectivity index (χ4v) is 3.05. The van der Waals surface area contributed by atoms with E-state index in [9.17, 15) is 5.11 Å². The number of hydrogen-bond acceptors (Lipinski definition) is 5. The molecule has 0 amide bonds. The van der Waals surface area contributed by atoms with Gasteiger partial charge in [-0.1, -0.05) is 6.07 Å². The van der Waals surface area contributed by atoms with Crippen molar-refractivity contribution in [2.45, 2.75) is 44.9 Å². The van der Waals surface area contributed by atoms with Crippen molar-refractivity contribution in [2.75, 3.05) is 33.9 Å². The molecule has 1 aromatic rings. The van der Waals surface area contributed by atoms with Gasteiger partial charge in [0.2, 0.25) is 0 Å². The number of benzene rings is 1. The fraction of sp³-hybridized carbons (Fsp3) is 0.667. The maximum atomic E-state index is 10.2. The summed E-state index contributed by atoms with van der Waals surface area (Å²) in [6.45, 7) is 6.69. The van der Waals surface area contributed by atoms with Crippen LogP contribution in [0.15, 0.2) is 18.2 Å². The molecule has 2 rings (SSSR count). The van der Waals surface area contributed by atoms with E-state index in [1.165, 1.54) is 0 Å². The minimum absolute atomic E-state index is 0.262. The third-order valence-electron chi connectivity index (χ3n) is 3.95. The molecule has 1 aliphatic rings. The summed E-state index contributed by atoms with van der Waals surface area (Å²) in [5, 5.41) is 10.2. The Hall–Kier alpha value is -1.30. The Morgan fingerprint density at radius 2 is 2.00 bits per heavy atom. The molecular formula is C18H29NO4. The lowest BCUT2D eigenvalue weighted by molar-refractivity contribution is 0.00878. The van der Waals surface area contributed by atoms with Gasteiger partial charge in [0.15, 0.2) is 11.5 Å².